The van der Waals surface area contributed by atoms with Crippen LogP contribution in [0.4, 0.5) is 8.78 Å². The fourth-order valence-corrected chi connectivity index (χ4v) is 2.12. The van der Waals surface area contributed by atoms with E-state index < -0.39 is 12.0 Å². The van der Waals surface area contributed by atoms with Gasteiger partial charge >= 0.3 is 0 Å². The first-order chi connectivity index (χ1) is 5.93. The molecule has 0 aromatic carbocycles. The molecule has 0 radical (unpaired) electrons. The van der Waals surface area contributed by atoms with Gasteiger partial charge in [0.25, 0.3) is 5.92 Å². The first kappa shape index (κ1) is 10.9. The Balaban J connectivity index is 2.67. The number of halogens is 2. The molecule has 1 fully saturated rings. The van der Waals surface area contributed by atoms with Gasteiger partial charge in [-0.05, 0) is 33.2 Å². The SMILES string of the molecule is CC(C)N1CCCCC1C(C)(F)F. The summed E-state index contributed by atoms with van der Waals surface area (Å²) in [7, 11) is 0. The molecular weight excluding hydrogens is 172 g/mol. The van der Waals surface area contributed by atoms with Crippen molar-refractivity contribution in [1.82, 2.24) is 4.90 Å². The average molecular weight is 191 g/mol. The van der Waals surface area contributed by atoms with Crippen LogP contribution < -0.4 is 0 Å². The van der Waals surface area contributed by atoms with E-state index >= 15 is 0 Å². The Morgan fingerprint density at radius 2 is 1.92 bits per heavy atom. The van der Waals surface area contributed by atoms with Crippen molar-refractivity contribution in [1.29, 1.82) is 0 Å². The normalized spacial score (nSPS) is 26.8. The molecule has 0 amide bonds. The fourth-order valence-electron chi connectivity index (χ4n) is 2.12. The molecule has 1 aliphatic rings. The van der Waals surface area contributed by atoms with Crippen LogP contribution in [-0.2, 0) is 0 Å². The summed E-state index contributed by atoms with van der Waals surface area (Å²) >= 11 is 0. The Kier molecular flexibility index (Phi) is 3.28. The van der Waals surface area contributed by atoms with Crippen LogP contribution in [0.2, 0.25) is 0 Å². The summed E-state index contributed by atoms with van der Waals surface area (Å²) in [6.45, 7) is 5.85. The van der Waals surface area contributed by atoms with E-state index in [-0.39, 0.29) is 6.04 Å². The predicted octanol–water partition coefficient (Wildman–Crippen LogP) is 2.90. The van der Waals surface area contributed by atoms with Gasteiger partial charge in [0.05, 0.1) is 6.04 Å². The van der Waals surface area contributed by atoms with Crippen LogP contribution in [0.1, 0.15) is 40.0 Å². The van der Waals surface area contributed by atoms with Gasteiger partial charge in [-0.3, -0.25) is 4.90 Å². The molecule has 0 aliphatic carbocycles. The lowest BCUT2D eigenvalue weighted by atomic mass is 9.96. The van der Waals surface area contributed by atoms with Crippen LogP contribution >= 0.6 is 0 Å². The molecular formula is C10H19F2N. The van der Waals surface area contributed by atoms with Gasteiger partial charge in [-0.1, -0.05) is 6.42 Å². The zero-order valence-corrected chi connectivity index (χ0v) is 8.69. The molecule has 1 nitrogen and oxygen atoms in total. The molecule has 0 aromatic heterocycles. The number of likely N-dealkylation sites (tertiary alicyclic amines) is 1. The van der Waals surface area contributed by atoms with E-state index in [1.54, 1.807) is 0 Å². The van der Waals surface area contributed by atoms with E-state index in [9.17, 15) is 8.78 Å². The molecule has 1 unspecified atom stereocenters. The summed E-state index contributed by atoms with van der Waals surface area (Å²) < 4.78 is 26.4. The van der Waals surface area contributed by atoms with Crippen molar-refractivity contribution in [2.75, 3.05) is 6.54 Å². The highest BCUT2D eigenvalue weighted by Gasteiger charge is 2.40. The van der Waals surface area contributed by atoms with Gasteiger partial charge in [0.2, 0.25) is 0 Å². The van der Waals surface area contributed by atoms with Gasteiger partial charge in [0.15, 0.2) is 0 Å². The van der Waals surface area contributed by atoms with Crippen molar-refractivity contribution in [3.63, 3.8) is 0 Å². The second-order valence-corrected chi connectivity index (χ2v) is 4.30. The minimum atomic E-state index is -2.55. The standard InChI is InChI=1S/C10H19F2N/c1-8(2)13-7-5-4-6-9(13)10(3,11)12/h8-9H,4-7H2,1-3H3. The summed E-state index contributed by atoms with van der Waals surface area (Å²) in [5.41, 5.74) is 0. The first-order valence-electron chi connectivity index (χ1n) is 5.06. The van der Waals surface area contributed by atoms with Crippen LogP contribution in [0.5, 0.6) is 0 Å². The number of nitrogens with zero attached hydrogens (tertiary/aromatic N) is 1. The molecule has 0 saturated carbocycles. The van der Waals surface area contributed by atoms with E-state index in [0.29, 0.717) is 6.42 Å². The van der Waals surface area contributed by atoms with Gasteiger partial charge in [-0.25, -0.2) is 8.78 Å². The maximum Gasteiger partial charge on any atom is 0.260 e. The van der Waals surface area contributed by atoms with Crippen molar-refractivity contribution in [3.8, 4) is 0 Å². The van der Waals surface area contributed by atoms with Crippen molar-refractivity contribution < 1.29 is 8.78 Å². The fraction of sp³-hybridized carbons (Fsp3) is 1.00. The Hall–Kier alpha value is -0.180. The average Bonchev–Trinajstić information content (AvgIpc) is 2.03. The first-order valence-corrected chi connectivity index (χ1v) is 5.06. The Labute approximate surface area is 79.1 Å². The van der Waals surface area contributed by atoms with Gasteiger partial charge in [0, 0.05) is 13.0 Å². The Morgan fingerprint density at radius 1 is 1.31 bits per heavy atom. The molecule has 1 rings (SSSR count). The topological polar surface area (TPSA) is 3.24 Å². The summed E-state index contributed by atoms with van der Waals surface area (Å²) in [5.74, 6) is -2.55. The van der Waals surface area contributed by atoms with Crippen molar-refractivity contribution in [2.45, 2.75) is 58.0 Å². The molecule has 3 heteroatoms. The maximum absolute atomic E-state index is 13.2. The summed E-state index contributed by atoms with van der Waals surface area (Å²) in [6.07, 6.45) is 2.64. The molecule has 0 N–H and O–H groups in total. The lowest BCUT2D eigenvalue weighted by Crippen LogP contribution is -2.51. The lowest BCUT2D eigenvalue weighted by Gasteiger charge is -2.41. The Bertz CT molecular complexity index is 163. The molecule has 0 spiro atoms. The highest BCUT2D eigenvalue weighted by Crippen LogP contribution is 2.31. The van der Waals surface area contributed by atoms with E-state index in [1.807, 2.05) is 18.7 Å². The minimum absolute atomic E-state index is 0.233. The zero-order valence-electron chi connectivity index (χ0n) is 8.69. The molecule has 1 atom stereocenters. The molecule has 0 bridgehead atoms. The Morgan fingerprint density at radius 3 is 2.31 bits per heavy atom. The van der Waals surface area contributed by atoms with Crippen LogP contribution in [0.3, 0.4) is 0 Å². The molecule has 0 aromatic rings. The number of piperidine rings is 1. The quantitative estimate of drug-likeness (QED) is 0.648. The number of hydrogen-bond donors (Lipinski definition) is 0. The third-order valence-electron chi connectivity index (χ3n) is 2.79. The van der Waals surface area contributed by atoms with E-state index in [2.05, 4.69) is 0 Å². The van der Waals surface area contributed by atoms with Gasteiger partial charge < -0.3 is 0 Å². The maximum atomic E-state index is 13.2. The third kappa shape index (κ3) is 2.63. The van der Waals surface area contributed by atoms with Crippen LogP contribution in [0.25, 0.3) is 0 Å². The monoisotopic (exact) mass is 191 g/mol. The summed E-state index contributed by atoms with van der Waals surface area (Å²) in [6, 6.07) is -0.308. The van der Waals surface area contributed by atoms with Crippen LogP contribution in [0, 0.1) is 0 Å². The zero-order chi connectivity index (χ0) is 10.1. The second kappa shape index (κ2) is 3.91. The molecule has 1 heterocycles. The van der Waals surface area contributed by atoms with Gasteiger partial charge in [0.1, 0.15) is 0 Å². The molecule has 78 valence electrons. The van der Waals surface area contributed by atoms with Crippen molar-refractivity contribution in [3.05, 3.63) is 0 Å². The molecule has 1 aliphatic heterocycles. The molecule has 13 heavy (non-hydrogen) atoms. The highest BCUT2D eigenvalue weighted by molar-refractivity contribution is 4.87. The van der Waals surface area contributed by atoms with Crippen molar-refractivity contribution in [2.24, 2.45) is 0 Å². The second-order valence-electron chi connectivity index (χ2n) is 4.30. The predicted molar refractivity (Wildman–Crippen MR) is 50.1 cm³/mol. The van der Waals surface area contributed by atoms with Crippen molar-refractivity contribution >= 4 is 0 Å². The van der Waals surface area contributed by atoms with Crippen LogP contribution in [-0.4, -0.2) is 29.5 Å². The smallest absolute Gasteiger partial charge is 0.260 e. The third-order valence-corrected chi connectivity index (χ3v) is 2.79. The lowest BCUT2D eigenvalue weighted by molar-refractivity contribution is -0.0890. The summed E-state index contributed by atoms with van der Waals surface area (Å²) in [4.78, 5) is 1.93. The highest BCUT2D eigenvalue weighted by atomic mass is 19.3. The van der Waals surface area contributed by atoms with E-state index in [1.165, 1.54) is 0 Å². The number of hydrogen-bond acceptors (Lipinski definition) is 1. The van der Waals surface area contributed by atoms with E-state index in [4.69, 9.17) is 0 Å². The number of alkyl halides is 2. The largest absolute Gasteiger partial charge is 0.292 e. The van der Waals surface area contributed by atoms with Crippen LogP contribution in [0.15, 0.2) is 0 Å². The minimum Gasteiger partial charge on any atom is -0.292 e. The summed E-state index contributed by atoms with van der Waals surface area (Å²) in [5, 5.41) is 0. The van der Waals surface area contributed by atoms with Gasteiger partial charge in [-0.15, -0.1) is 0 Å². The number of rotatable bonds is 2. The van der Waals surface area contributed by atoms with E-state index in [0.717, 1.165) is 26.3 Å². The van der Waals surface area contributed by atoms with Gasteiger partial charge in [-0.2, -0.15) is 0 Å². The molecule has 1 saturated heterocycles.